The van der Waals surface area contributed by atoms with Gasteiger partial charge in [-0.05, 0) is 42.7 Å². The lowest BCUT2D eigenvalue weighted by Crippen LogP contribution is -2.31. The van der Waals surface area contributed by atoms with E-state index in [2.05, 4.69) is 4.98 Å². The Hall–Kier alpha value is -3.19. The molecule has 0 bridgehead atoms. The number of benzene rings is 1. The molecule has 1 saturated heterocycles. The summed E-state index contributed by atoms with van der Waals surface area (Å²) >= 11 is 0. The number of methoxy groups -OCH3 is 1. The molecule has 7 heteroatoms. The molecule has 1 atom stereocenters. The molecule has 1 unspecified atom stereocenters. The van der Waals surface area contributed by atoms with Gasteiger partial charge in [0.1, 0.15) is 11.5 Å². The minimum absolute atomic E-state index is 0.0660. The van der Waals surface area contributed by atoms with Gasteiger partial charge in [-0.3, -0.25) is 14.6 Å². The molecule has 3 rings (SSSR count). The highest BCUT2D eigenvalue weighted by molar-refractivity contribution is 6.46. The van der Waals surface area contributed by atoms with Crippen molar-refractivity contribution >= 4 is 17.4 Å². The highest BCUT2D eigenvalue weighted by Crippen LogP contribution is 2.39. The Morgan fingerprint density at radius 1 is 1.17 bits per heavy atom. The SMILES string of the molecule is CCCOc1cccc(C(O)=C2C(=O)C(=O)N(CCCOC)C2c2ccncc2)c1. The number of aliphatic hydroxyl groups is 1. The lowest BCUT2D eigenvalue weighted by atomic mass is 9.96. The fourth-order valence-electron chi connectivity index (χ4n) is 3.49. The van der Waals surface area contributed by atoms with Gasteiger partial charge >= 0.3 is 0 Å². The summed E-state index contributed by atoms with van der Waals surface area (Å²) in [5.74, 6) is -0.957. The maximum atomic E-state index is 12.9. The normalized spacial score (nSPS) is 18.1. The zero-order valence-electron chi connectivity index (χ0n) is 17.2. The summed E-state index contributed by atoms with van der Waals surface area (Å²) in [5.41, 5.74) is 1.20. The van der Waals surface area contributed by atoms with Gasteiger partial charge in [0.2, 0.25) is 0 Å². The predicted octanol–water partition coefficient (Wildman–Crippen LogP) is 3.33. The third-order valence-electron chi connectivity index (χ3n) is 4.89. The lowest BCUT2D eigenvalue weighted by molar-refractivity contribution is -0.140. The maximum Gasteiger partial charge on any atom is 0.295 e. The van der Waals surface area contributed by atoms with Crippen LogP contribution in [0.15, 0.2) is 54.4 Å². The van der Waals surface area contributed by atoms with Crippen molar-refractivity contribution in [2.24, 2.45) is 0 Å². The Balaban J connectivity index is 2.05. The first-order valence-corrected chi connectivity index (χ1v) is 9.99. The first-order chi connectivity index (χ1) is 14.6. The van der Waals surface area contributed by atoms with Gasteiger partial charge in [-0.15, -0.1) is 0 Å². The number of aliphatic hydroxyl groups excluding tert-OH is 1. The van der Waals surface area contributed by atoms with Crippen molar-refractivity contribution in [3.63, 3.8) is 0 Å². The largest absolute Gasteiger partial charge is 0.507 e. The summed E-state index contributed by atoms with van der Waals surface area (Å²) in [6.45, 7) is 3.35. The third kappa shape index (κ3) is 4.52. The zero-order valence-corrected chi connectivity index (χ0v) is 17.2. The number of carbonyl (C=O) groups is 2. The van der Waals surface area contributed by atoms with Gasteiger partial charge in [0.25, 0.3) is 11.7 Å². The molecular weight excluding hydrogens is 384 g/mol. The number of nitrogens with zero attached hydrogens (tertiary/aromatic N) is 2. The van der Waals surface area contributed by atoms with Gasteiger partial charge in [-0.1, -0.05) is 19.1 Å². The van der Waals surface area contributed by atoms with E-state index >= 15 is 0 Å². The molecule has 1 fully saturated rings. The van der Waals surface area contributed by atoms with Crippen molar-refractivity contribution in [1.29, 1.82) is 0 Å². The molecule has 1 N–H and O–H groups in total. The smallest absolute Gasteiger partial charge is 0.295 e. The van der Waals surface area contributed by atoms with Crippen LogP contribution in [0.25, 0.3) is 5.76 Å². The van der Waals surface area contributed by atoms with Crippen molar-refractivity contribution < 1.29 is 24.2 Å². The van der Waals surface area contributed by atoms with Crippen molar-refractivity contribution in [2.45, 2.75) is 25.8 Å². The molecular formula is C23H26N2O5. The Labute approximate surface area is 175 Å². The van der Waals surface area contributed by atoms with Crippen LogP contribution >= 0.6 is 0 Å². The van der Waals surface area contributed by atoms with E-state index in [1.807, 2.05) is 6.92 Å². The summed E-state index contributed by atoms with van der Waals surface area (Å²) in [6, 6.07) is 9.70. The van der Waals surface area contributed by atoms with Crippen molar-refractivity contribution in [3.05, 3.63) is 65.5 Å². The fourth-order valence-corrected chi connectivity index (χ4v) is 3.49. The Bertz CT molecular complexity index is 926. The second-order valence-electron chi connectivity index (χ2n) is 7.00. The second-order valence-corrected chi connectivity index (χ2v) is 7.00. The molecule has 7 nitrogen and oxygen atoms in total. The highest BCUT2D eigenvalue weighted by atomic mass is 16.5. The molecule has 158 valence electrons. The van der Waals surface area contributed by atoms with Gasteiger partial charge in [0.05, 0.1) is 18.2 Å². The lowest BCUT2D eigenvalue weighted by Gasteiger charge is -2.25. The summed E-state index contributed by atoms with van der Waals surface area (Å²) in [4.78, 5) is 31.2. The van der Waals surface area contributed by atoms with Gasteiger partial charge in [-0.2, -0.15) is 0 Å². The number of amides is 1. The average Bonchev–Trinajstić information content (AvgIpc) is 3.03. The topological polar surface area (TPSA) is 89.0 Å². The van der Waals surface area contributed by atoms with E-state index in [1.165, 1.54) is 4.90 Å². The number of Topliss-reactive ketones (excluding diaryl/α,β-unsaturated/α-hetero) is 1. The van der Waals surface area contributed by atoms with E-state index in [0.29, 0.717) is 43.1 Å². The third-order valence-corrected chi connectivity index (χ3v) is 4.89. The number of rotatable bonds is 9. The van der Waals surface area contributed by atoms with Gasteiger partial charge < -0.3 is 19.5 Å². The predicted molar refractivity (Wildman–Crippen MR) is 112 cm³/mol. The molecule has 30 heavy (non-hydrogen) atoms. The number of ether oxygens (including phenoxy) is 2. The number of hydrogen-bond donors (Lipinski definition) is 1. The molecule has 2 heterocycles. The average molecular weight is 410 g/mol. The quantitative estimate of drug-likeness (QED) is 0.295. The minimum atomic E-state index is -0.702. The van der Waals surface area contributed by atoms with Crippen molar-refractivity contribution in [1.82, 2.24) is 9.88 Å². The molecule has 1 aliphatic heterocycles. The van der Waals surface area contributed by atoms with E-state index in [-0.39, 0.29) is 11.3 Å². The Morgan fingerprint density at radius 2 is 1.93 bits per heavy atom. The first-order valence-electron chi connectivity index (χ1n) is 9.99. The highest BCUT2D eigenvalue weighted by Gasteiger charge is 2.45. The van der Waals surface area contributed by atoms with Crippen LogP contribution in [0.1, 0.15) is 36.9 Å². The van der Waals surface area contributed by atoms with Crippen LogP contribution in [0.2, 0.25) is 0 Å². The molecule has 1 aromatic carbocycles. The summed E-state index contributed by atoms with van der Waals surface area (Å²) in [5, 5.41) is 11.1. The number of ketones is 1. The number of likely N-dealkylation sites (tertiary alicyclic amines) is 1. The fraction of sp³-hybridized carbons (Fsp3) is 0.348. The van der Waals surface area contributed by atoms with E-state index < -0.39 is 17.7 Å². The summed E-state index contributed by atoms with van der Waals surface area (Å²) in [6.07, 6.45) is 4.63. The van der Waals surface area contributed by atoms with Crippen LogP contribution in [0.4, 0.5) is 0 Å². The number of pyridine rings is 1. The van der Waals surface area contributed by atoms with E-state index in [0.717, 1.165) is 6.42 Å². The van der Waals surface area contributed by atoms with Gasteiger partial charge in [0, 0.05) is 38.2 Å². The Morgan fingerprint density at radius 3 is 2.63 bits per heavy atom. The Kier molecular flexibility index (Phi) is 7.19. The zero-order chi connectivity index (χ0) is 21.5. The molecule has 0 radical (unpaired) electrons. The molecule has 1 aliphatic rings. The van der Waals surface area contributed by atoms with Crippen molar-refractivity contribution in [2.75, 3.05) is 26.9 Å². The monoisotopic (exact) mass is 410 g/mol. The number of aromatic nitrogens is 1. The van der Waals surface area contributed by atoms with Crippen LogP contribution < -0.4 is 4.74 Å². The van der Waals surface area contributed by atoms with Crippen LogP contribution in [-0.4, -0.2) is 53.5 Å². The second kappa shape index (κ2) is 10.0. The van der Waals surface area contributed by atoms with E-state index in [1.54, 1.807) is 55.9 Å². The minimum Gasteiger partial charge on any atom is -0.507 e. The number of hydrogen-bond acceptors (Lipinski definition) is 6. The van der Waals surface area contributed by atoms with Gasteiger partial charge in [-0.25, -0.2) is 0 Å². The van der Waals surface area contributed by atoms with E-state index in [9.17, 15) is 14.7 Å². The standard InChI is InChI=1S/C23H26N2O5/c1-3-13-30-18-7-4-6-17(15-18)21(26)19-20(16-8-10-24-11-9-16)25(12-5-14-29-2)23(28)22(19)27/h4,6-11,15,20,26H,3,5,12-14H2,1-2H3. The molecule has 1 aromatic heterocycles. The van der Waals surface area contributed by atoms with E-state index in [4.69, 9.17) is 9.47 Å². The molecule has 0 saturated carbocycles. The summed E-state index contributed by atoms with van der Waals surface area (Å²) in [7, 11) is 1.59. The van der Waals surface area contributed by atoms with Crippen LogP contribution in [-0.2, 0) is 14.3 Å². The van der Waals surface area contributed by atoms with Crippen LogP contribution in [0.5, 0.6) is 5.75 Å². The molecule has 2 aromatic rings. The van der Waals surface area contributed by atoms with Crippen molar-refractivity contribution in [3.8, 4) is 5.75 Å². The molecule has 1 amide bonds. The number of carbonyl (C=O) groups excluding carboxylic acids is 2. The van der Waals surface area contributed by atoms with Crippen LogP contribution in [0.3, 0.4) is 0 Å². The maximum absolute atomic E-state index is 12.9. The molecule has 0 aliphatic carbocycles. The first kappa shape index (κ1) is 21.5. The van der Waals surface area contributed by atoms with Gasteiger partial charge in [0.15, 0.2) is 0 Å². The molecule has 0 spiro atoms. The summed E-state index contributed by atoms with van der Waals surface area (Å²) < 4.78 is 10.7. The van der Waals surface area contributed by atoms with Crippen LogP contribution in [0, 0.1) is 0 Å².